The van der Waals surface area contributed by atoms with Gasteiger partial charge < -0.3 is 10.7 Å². The highest BCUT2D eigenvalue weighted by molar-refractivity contribution is 5.46. The molecule has 0 atom stereocenters. The number of anilines is 2. The van der Waals surface area contributed by atoms with Crippen LogP contribution in [-0.2, 0) is 0 Å². The van der Waals surface area contributed by atoms with Crippen LogP contribution in [-0.4, -0.2) is 16.5 Å². The van der Waals surface area contributed by atoms with Crippen LogP contribution >= 0.6 is 0 Å². The first kappa shape index (κ1) is 11.7. The Morgan fingerprint density at radius 2 is 1.87 bits per heavy atom. The van der Waals surface area contributed by atoms with Crippen LogP contribution in [0.15, 0.2) is 6.07 Å². The summed E-state index contributed by atoms with van der Waals surface area (Å²) >= 11 is 0. The number of hydrazine groups is 1. The van der Waals surface area contributed by atoms with Crippen molar-refractivity contribution in [1.82, 2.24) is 9.97 Å². The van der Waals surface area contributed by atoms with Gasteiger partial charge in [0, 0.05) is 12.6 Å². The van der Waals surface area contributed by atoms with Gasteiger partial charge in [0.1, 0.15) is 17.5 Å². The molecule has 0 unspecified atom stereocenters. The number of nitrogen functional groups attached to an aromatic ring is 1. The van der Waals surface area contributed by atoms with Crippen molar-refractivity contribution in [3.8, 4) is 0 Å². The predicted octanol–water partition coefficient (Wildman–Crippen LogP) is 1.53. The van der Waals surface area contributed by atoms with Gasteiger partial charge in [0.15, 0.2) is 0 Å². The normalized spacial score (nSPS) is 11.3. The molecule has 0 radical (unpaired) electrons. The average Bonchev–Trinajstić information content (AvgIpc) is 2.13. The molecule has 5 heteroatoms. The van der Waals surface area contributed by atoms with E-state index in [1.165, 1.54) is 0 Å². The van der Waals surface area contributed by atoms with Crippen LogP contribution in [0.4, 0.5) is 11.6 Å². The van der Waals surface area contributed by atoms with Gasteiger partial charge in [-0.2, -0.15) is 0 Å². The smallest absolute Gasteiger partial charge is 0.145 e. The Kier molecular flexibility index (Phi) is 3.47. The van der Waals surface area contributed by atoms with Gasteiger partial charge in [0.05, 0.1) is 0 Å². The summed E-state index contributed by atoms with van der Waals surface area (Å²) in [7, 11) is 0. The lowest BCUT2D eigenvalue weighted by Crippen LogP contribution is -2.20. The Morgan fingerprint density at radius 1 is 1.27 bits per heavy atom. The van der Waals surface area contributed by atoms with Crippen molar-refractivity contribution in [3.05, 3.63) is 11.9 Å². The number of rotatable bonds is 3. The molecule has 1 aromatic heterocycles. The fourth-order valence-corrected chi connectivity index (χ4v) is 1.09. The zero-order valence-electron chi connectivity index (χ0n) is 9.76. The summed E-state index contributed by atoms with van der Waals surface area (Å²) < 4.78 is 0. The molecule has 0 saturated carbocycles. The maximum Gasteiger partial charge on any atom is 0.145 e. The number of nitrogens with two attached hydrogens (primary N) is 1. The lowest BCUT2D eigenvalue weighted by Gasteiger charge is -2.19. The van der Waals surface area contributed by atoms with Crippen molar-refractivity contribution >= 4 is 11.6 Å². The van der Waals surface area contributed by atoms with Gasteiger partial charge in [-0.1, -0.05) is 20.8 Å². The number of hydrogen-bond donors (Lipinski definition) is 3. The lowest BCUT2D eigenvalue weighted by atomic mass is 9.97. The summed E-state index contributed by atoms with van der Waals surface area (Å²) in [4.78, 5) is 8.38. The summed E-state index contributed by atoms with van der Waals surface area (Å²) in [6.45, 7) is 9.18. The van der Waals surface area contributed by atoms with Crippen LogP contribution < -0.4 is 16.6 Å². The third-order valence-electron chi connectivity index (χ3n) is 1.79. The van der Waals surface area contributed by atoms with E-state index in [1.54, 1.807) is 6.07 Å². The molecule has 0 aliphatic rings. The minimum atomic E-state index is 0.217. The largest absolute Gasteiger partial charge is 0.369 e. The van der Waals surface area contributed by atoms with E-state index in [-0.39, 0.29) is 5.41 Å². The first-order chi connectivity index (χ1) is 6.90. The van der Waals surface area contributed by atoms with Crippen LogP contribution in [0.1, 0.15) is 26.6 Å². The summed E-state index contributed by atoms with van der Waals surface area (Å²) in [5, 5.41) is 3.25. The third kappa shape index (κ3) is 4.12. The summed E-state index contributed by atoms with van der Waals surface area (Å²) in [5.74, 6) is 7.42. The average molecular weight is 209 g/mol. The van der Waals surface area contributed by atoms with Gasteiger partial charge >= 0.3 is 0 Å². The van der Waals surface area contributed by atoms with Crippen molar-refractivity contribution < 1.29 is 0 Å². The molecule has 84 valence electrons. The van der Waals surface area contributed by atoms with Crippen molar-refractivity contribution in [2.24, 2.45) is 11.3 Å². The van der Waals surface area contributed by atoms with Crippen molar-refractivity contribution in [1.29, 1.82) is 0 Å². The molecular formula is C10H19N5. The molecule has 0 bridgehead atoms. The Bertz CT molecular complexity index is 329. The molecule has 1 aromatic rings. The number of nitrogens with zero attached hydrogens (tertiary/aromatic N) is 2. The fraction of sp³-hybridized carbons (Fsp3) is 0.600. The molecule has 0 aliphatic carbocycles. The molecule has 5 nitrogen and oxygen atoms in total. The number of aryl methyl sites for hydroxylation is 1. The monoisotopic (exact) mass is 209 g/mol. The Morgan fingerprint density at radius 3 is 2.40 bits per heavy atom. The second-order valence-corrected chi connectivity index (χ2v) is 4.74. The van der Waals surface area contributed by atoms with E-state index < -0.39 is 0 Å². The molecule has 1 heterocycles. The zero-order valence-corrected chi connectivity index (χ0v) is 9.76. The SMILES string of the molecule is Cc1nc(NN)cc(NCC(C)(C)C)n1. The molecule has 4 N–H and O–H groups in total. The van der Waals surface area contributed by atoms with Crippen LogP contribution in [0.3, 0.4) is 0 Å². The number of nitrogens with one attached hydrogen (secondary N) is 2. The van der Waals surface area contributed by atoms with E-state index >= 15 is 0 Å². The van der Waals surface area contributed by atoms with Gasteiger partial charge in [0.2, 0.25) is 0 Å². The van der Waals surface area contributed by atoms with Gasteiger partial charge in [0.25, 0.3) is 0 Å². The first-order valence-electron chi connectivity index (χ1n) is 4.97. The molecule has 15 heavy (non-hydrogen) atoms. The quantitative estimate of drug-likeness (QED) is 0.520. The van der Waals surface area contributed by atoms with Gasteiger partial charge in [-0.3, -0.25) is 0 Å². The van der Waals surface area contributed by atoms with Crippen molar-refractivity contribution in [2.45, 2.75) is 27.7 Å². The highest BCUT2D eigenvalue weighted by Gasteiger charge is 2.10. The van der Waals surface area contributed by atoms with E-state index in [1.807, 2.05) is 6.92 Å². The lowest BCUT2D eigenvalue weighted by molar-refractivity contribution is 0.442. The fourth-order valence-electron chi connectivity index (χ4n) is 1.09. The van der Waals surface area contributed by atoms with Crippen LogP contribution in [0.5, 0.6) is 0 Å². The molecule has 0 aromatic carbocycles. The van der Waals surface area contributed by atoms with E-state index in [4.69, 9.17) is 5.84 Å². The zero-order chi connectivity index (χ0) is 11.5. The van der Waals surface area contributed by atoms with E-state index in [0.29, 0.717) is 11.6 Å². The Hall–Kier alpha value is -1.36. The second kappa shape index (κ2) is 4.44. The number of hydrogen-bond acceptors (Lipinski definition) is 5. The van der Waals surface area contributed by atoms with Crippen molar-refractivity contribution in [2.75, 3.05) is 17.3 Å². The topological polar surface area (TPSA) is 75.9 Å². The number of aromatic nitrogens is 2. The van der Waals surface area contributed by atoms with Gasteiger partial charge in [-0.25, -0.2) is 15.8 Å². The van der Waals surface area contributed by atoms with Gasteiger partial charge in [-0.05, 0) is 12.3 Å². The highest BCUT2D eigenvalue weighted by Crippen LogP contribution is 2.15. The van der Waals surface area contributed by atoms with Crippen LogP contribution in [0.25, 0.3) is 0 Å². The van der Waals surface area contributed by atoms with E-state index in [2.05, 4.69) is 41.5 Å². The summed E-state index contributed by atoms with van der Waals surface area (Å²) in [6.07, 6.45) is 0. The molecule has 0 aliphatic heterocycles. The van der Waals surface area contributed by atoms with E-state index in [9.17, 15) is 0 Å². The molecule has 0 amide bonds. The Balaban J connectivity index is 2.73. The van der Waals surface area contributed by atoms with E-state index in [0.717, 1.165) is 12.4 Å². The standard InChI is InChI=1S/C10H19N5/c1-7-13-8(5-9(14-7)15-11)12-6-10(2,3)4/h5H,6,11H2,1-4H3,(H2,12,13,14,15). The predicted molar refractivity (Wildman–Crippen MR) is 62.5 cm³/mol. The second-order valence-electron chi connectivity index (χ2n) is 4.74. The minimum Gasteiger partial charge on any atom is -0.369 e. The van der Waals surface area contributed by atoms with Crippen LogP contribution in [0, 0.1) is 12.3 Å². The summed E-state index contributed by atoms with van der Waals surface area (Å²) in [5.41, 5.74) is 2.73. The highest BCUT2D eigenvalue weighted by atomic mass is 15.3. The van der Waals surface area contributed by atoms with Crippen molar-refractivity contribution in [3.63, 3.8) is 0 Å². The molecule has 1 rings (SSSR count). The molecular weight excluding hydrogens is 190 g/mol. The maximum atomic E-state index is 5.30. The molecule has 0 spiro atoms. The van der Waals surface area contributed by atoms with Gasteiger partial charge in [-0.15, -0.1) is 0 Å². The third-order valence-corrected chi connectivity index (χ3v) is 1.79. The molecule has 0 saturated heterocycles. The molecule has 0 fully saturated rings. The Labute approximate surface area is 90.5 Å². The first-order valence-corrected chi connectivity index (χ1v) is 4.97. The minimum absolute atomic E-state index is 0.217. The van der Waals surface area contributed by atoms with Crippen LogP contribution in [0.2, 0.25) is 0 Å². The maximum absolute atomic E-state index is 5.30. The summed E-state index contributed by atoms with van der Waals surface area (Å²) in [6, 6.07) is 1.79.